The number of alkyl halides is 1. The first kappa shape index (κ1) is 12.5. The molecule has 0 aromatic heterocycles. The van der Waals surface area contributed by atoms with Crippen LogP contribution in [0, 0.1) is 0 Å². The number of nitrogens with zero attached hydrogens (tertiary/aromatic N) is 1. The SMILES string of the molecule is COCc1ccc(Br)cc1N=C(N)CCl. The first-order chi connectivity index (χ1) is 7.17. The molecular weight excluding hydrogens is 279 g/mol. The maximum Gasteiger partial charge on any atom is 0.115 e. The molecule has 0 fully saturated rings. The Morgan fingerprint density at radius 3 is 2.93 bits per heavy atom. The maximum atomic E-state index is 5.58. The summed E-state index contributed by atoms with van der Waals surface area (Å²) in [5.41, 5.74) is 7.34. The van der Waals surface area contributed by atoms with E-state index < -0.39 is 0 Å². The number of aliphatic imine (C=N–C) groups is 1. The molecule has 1 aromatic carbocycles. The number of halogens is 2. The largest absolute Gasteiger partial charge is 0.386 e. The van der Waals surface area contributed by atoms with Crippen molar-refractivity contribution >= 4 is 39.1 Å². The van der Waals surface area contributed by atoms with Gasteiger partial charge >= 0.3 is 0 Å². The van der Waals surface area contributed by atoms with Gasteiger partial charge in [-0.05, 0) is 12.1 Å². The average molecular weight is 292 g/mol. The Balaban J connectivity index is 3.06. The van der Waals surface area contributed by atoms with Gasteiger partial charge in [0.2, 0.25) is 0 Å². The molecule has 0 radical (unpaired) electrons. The number of hydrogen-bond acceptors (Lipinski definition) is 2. The highest BCUT2D eigenvalue weighted by Gasteiger charge is 2.02. The Bertz CT molecular complexity index is 368. The Morgan fingerprint density at radius 2 is 2.33 bits per heavy atom. The van der Waals surface area contributed by atoms with Crippen molar-refractivity contribution in [2.24, 2.45) is 10.7 Å². The van der Waals surface area contributed by atoms with Crippen LogP contribution in [0.5, 0.6) is 0 Å². The van der Waals surface area contributed by atoms with Gasteiger partial charge in [-0.1, -0.05) is 22.0 Å². The molecule has 0 aliphatic carbocycles. The van der Waals surface area contributed by atoms with Gasteiger partial charge < -0.3 is 10.5 Å². The van der Waals surface area contributed by atoms with E-state index in [9.17, 15) is 0 Å². The standard InChI is InChI=1S/C10H12BrClN2O/c1-15-6-7-2-3-8(11)4-9(7)14-10(13)5-12/h2-4H,5-6H2,1H3,(H2,13,14). The van der Waals surface area contributed by atoms with Gasteiger partial charge in [-0.3, -0.25) is 0 Å². The van der Waals surface area contributed by atoms with Crippen LogP contribution in [0.15, 0.2) is 27.7 Å². The Labute approximate surface area is 102 Å². The first-order valence-corrected chi connectivity index (χ1v) is 5.66. The summed E-state index contributed by atoms with van der Waals surface area (Å²) >= 11 is 8.95. The van der Waals surface area contributed by atoms with E-state index >= 15 is 0 Å². The lowest BCUT2D eigenvalue weighted by Crippen LogP contribution is -2.12. The van der Waals surface area contributed by atoms with Crippen LogP contribution in [0.3, 0.4) is 0 Å². The zero-order chi connectivity index (χ0) is 11.3. The minimum atomic E-state index is 0.221. The van der Waals surface area contributed by atoms with Crippen molar-refractivity contribution in [2.45, 2.75) is 6.61 Å². The lowest BCUT2D eigenvalue weighted by atomic mass is 10.2. The van der Waals surface area contributed by atoms with E-state index in [0.717, 1.165) is 15.7 Å². The maximum absolute atomic E-state index is 5.58. The van der Waals surface area contributed by atoms with Crippen LogP contribution in [0.25, 0.3) is 0 Å². The third-order valence-electron chi connectivity index (χ3n) is 1.75. The van der Waals surface area contributed by atoms with Gasteiger partial charge in [-0.25, -0.2) is 4.99 Å². The van der Waals surface area contributed by atoms with Crippen LogP contribution in [0.4, 0.5) is 5.69 Å². The molecule has 0 spiro atoms. The molecule has 82 valence electrons. The van der Waals surface area contributed by atoms with Gasteiger partial charge in [0.05, 0.1) is 18.2 Å². The van der Waals surface area contributed by atoms with E-state index in [1.165, 1.54) is 0 Å². The van der Waals surface area contributed by atoms with E-state index in [1.54, 1.807) is 7.11 Å². The normalized spacial score (nSPS) is 11.8. The minimum Gasteiger partial charge on any atom is -0.386 e. The van der Waals surface area contributed by atoms with Gasteiger partial charge in [-0.15, -0.1) is 11.6 Å². The predicted molar refractivity (Wildman–Crippen MR) is 66.9 cm³/mol. The van der Waals surface area contributed by atoms with Crippen LogP contribution >= 0.6 is 27.5 Å². The molecule has 0 atom stereocenters. The second-order valence-electron chi connectivity index (χ2n) is 2.94. The molecule has 0 saturated heterocycles. The van der Waals surface area contributed by atoms with Crippen molar-refractivity contribution in [2.75, 3.05) is 13.0 Å². The highest BCUT2D eigenvalue weighted by Crippen LogP contribution is 2.24. The van der Waals surface area contributed by atoms with E-state index in [-0.39, 0.29) is 5.88 Å². The molecule has 1 rings (SSSR count). The number of benzene rings is 1. The highest BCUT2D eigenvalue weighted by molar-refractivity contribution is 9.10. The van der Waals surface area contributed by atoms with Gasteiger partial charge in [0.25, 0.3) is 0 Å². The van der Waals surface area contributed by atoms with Crippen LogP contribution in [-0.2, 0) is 11.3 Å². The fraction of sp³-hybridized carbons (Fsp3) is 0.300. The summed E-state index contributed by atoms with van der Waals surface area (Å²) in [6.07, 6.45) is 0. The molecule has 15 heavy (non-hydrogen) atoms. The van der Waals surface area contributed by atoms with Crippen molar-refractivity contribution in [3.63, 3.8) is 0 Å². The summed E-state index contributed by atoms with van der Waals surface area (Å²) in [4.78, 5) is 4.21. The molecule has 5 heteroatoms. The van der Waals surface area contributed by atoms with Crippen LogP contribution in [0.1, 0.15) is 5.56 Å². The molecule has 0 saturated carbocycles. The van der Waals surface area contributed by atoms with Crippen LogP contribution in [0.2, 0.25) is 0 Å². The van der Waals surface area contributed by atoms with Crippen LogP contribution in [-0.4, -0.2) is 18.8 Å². The van der Waals surface area contributed by atoms with E-state index in [2.05, 4.69) is 20.9 Å². The lowest BCUT2D eigenvalue weighted by Gasteiger charge is -2.05. The molecule has 0 unspecified atom stereocenters. The van der Waals surface area contributed by atoms with Gasteiger partial charge in [0.1, 0.15) is 5.84 Å². The van der Waals surface area contributed by atoms with Crippen molar-refractivity contribution in [3.05, 3.63) is 28.2 Å². The molecule has 0 aliphatic rings. The quantitative estimate of drug-likeness (QED) is 0.527. The number of rotatable bonds is 4. The fourth-order valence-electron chi connectivity index (χ4n) is 1.10. The van der Waals surface area contributed by atoms with E-state index in [1.807, 2.05) is 18.2 Å². The number of amidine groups is 1. The third-order valence-corrected chi connectivity index (χ3v) is 2.52. The number of nitrogens with two attached hydrogens (primary N) is 1. The number of ether oxygens (including phenoxy) is 1. The summed E-state index contributed by atoms with van der Waals surface area (Å²) in [5.74, 6) is 0.617. The smallest absolute Gasteiger partial charge is 0.115 e. The molecule has 0 aliphatic heterocycles. The van der Waals surface area contributed by atoms with Crippen molar-refractivity contribution in [3.8, 4) is 0 Å². The molecule has 2 N–H and O–H groups in total. The Kier molecular flexibility index (Phi) is 5.08. The third kappa shape index (κ3) is 3.81. The topological polar surface area (TPSA) is 47.6 Å². The van der Waals surface area contributed by atoms with E-state index in [0.29, 0.717) is 12.4 Å². The summed E-state index contributed by atoms with van der Waals surface area (Å²) in [6, 6.07) is 5.76. The van der Waals surface area contributed by atoms with Crippen molar-refractivity contribution < 1.29 is 4.74 Å². The summed E-state index contributed by atoms with van der Waals surface area (Å²) in [5, 5.41) is 0. The zero-order valence-electron chi connectivity index (χ0n) is 8.34. The fourth-order valence-corrected chi connectivity index (χ4v) is 1.51. The molecule has 3 nitrogen and oxygen atoms in total. The average Bonchev–Trinajstić information content (AvgIpc) is 2.22. The molecule has 0 amide bonds. The monoisotopic (exact) mass is 290 g/mol. The highest BCUT2D eigenvalue weighted by atomic mass is 79.9. The second-order valence-corrected chi connectivity index (χ2v) is 4.13. The minimum absolute atomic E-state index is 0.221. The van der Waals surface area contributed by atoms with Crippen molar-refractivity contribution in [1.29, 1.82) is 0 Å². The first-order valence-electron chi connectivity index (χ1n) is 4.33. The van der Waals surface area contributed by atoms with Gasteiger partial charge in [-0.2, -0.15) is 0 Å². The number of hydrogen-bond donors (Lipinski definition) is 1. The van der Waals surface area contributed by atoms with E-state index in [4.69, 9.17) is 22.1 Å². The van der Waals surface area contributed by atoms with Gasteiger partial charge in [0.15, 0.2) is 0 Å². The molecule has 1 aromatic rings. The lowest BCUT2D eigenvalue weighted by molar-refractivity contribution is 0.185. The Morgan fingerprint density at radius 1 is 1.60 bits per heavy atom. The molecule has 0 bridgehead atoms. The summed E-state index contributed by atoms with van der Waals surface area (Å²) in [7, 11) is 1.64. The van der Waals surface area contributed by atoms with Crippen molar-refractivity contribution in [1.82, 2.24) is 0 Å². The number of methoxy groups -OCH3 is 1. The zero-order valence-corrected chi connectivity index (χ0v) is 10.7. The summed E-state index contributed by atoms with van der Waals surface area (Å²) < 4.78 is 6.01. The predicted octanol–water partition coefficient (Wildman–Crippen LogP) is 2.82. The van der Waals surface area contributed by atoms with Crippen LogP contribution < -0.4 is 5.73 Å². The Hall–Kier alpha value is -0.580. The van der Waals surface area contributed by atoms with Gasteiger partial charge in [0, 0.05) is 17.1 Å². The molecule has 0 heterocycles. The second kappa shape index (κ2) is 6.10. The molecular formula is C10H12BrClN2O. The summed E-state index contributed by atoms with van der Waals surface area (Å²) in [6.45, 7) is 0.502.